The number of aromatic amines is 1. The molecule has 0 unspecified atom stereocenters. The second-order valence-electron chi connectivity index (χ2n) is 6.41. The van der Waals surface area contributed by atoms with Crippen molar-refractivity contribution in [2.24, 2.45) is 4.99 Å². The van der Waals surface area contributed by atoms with Crippen molar-refractivity contribution < 1.29 is 5.11 Å². The van der Waals surface area contributed by atoms with Gasteiger partial charge in [0.25, 0.3) is 0 Å². The fraction of sp³-hybridized carbons (Fsp3) is 0.0455. The molecular weight excluding hydrogens is 402 g/mol. The lowest BCUT2D eigenvalue weighted by atomic mass is 10.0. The van der Waals surface area contributed by atoms with E-state index in [1.807, 2.05) is 67.6 Å². The molecule has 0 aliphatic carbocycles. The highest BCUT2D eigenvalue weighted by atomic mass is 79.9. The number of hydrogen-bond acceptors (Lipinski definition) is 3. The normalized spacial score (nSPS) is 11.9. The van der Waals surface area contributed by atoms with Crippen molar-refractivity contribution in [3.05, 3.63) is 87.9 Å². The number of nitrogens with one attached hydrogen (secondary N) is 1. The Morgan fingerprint density at radius 3 is 2.56 bits per heavy atom. The van der Waals surface area contributed by atoms with Crippen molar-refractivity contribution in [1.82, 2.24) is 4.98 Å². The maximum atomic E-state index is 10.6. The molecule has 0 saturated heterocycles. The molecule has 27 heavy (non-hydrogen) atoms. The van der Waals surface area contributed by atoms with E-state index in [0.29, 0.717) is 17.0 Å². The van der Waals surface area contributed by atoms with Crippen molar-refractivity contribution >= 4 is 43.9 Å². The third kappa shape index (κ3) is 3.34. The predicted octanol–water partition coefficient (Wildman–Crippen LogP) is 5.70. The average Bonchev–Trinajstić information content (AvgIpc) is 2.98. The first kappa shape index (κ1) is 17.4. The van der Waals surface area contributed by atoms with Crippen LogP contribution in [-0.2, 0) is 0 Å². The standard InChI is InChI=1S/C22H18BrN3O/c1-13-11-16(8-9-18(13)23)25-21(14-5-3-2-4-6-14)20-17-12-15(24)7-10-19(17)26-22(20)27/h2-12,26-27H,24H2,1H3. The van der Waals surface area contributed by atoms with Gasteiger partial charge in [0, 0.05) is 26.6 Å². The van der Waals surface area contributed by atoms with Crippen LogP contribution >= 0.6 is 15.9 Å². The number of halogens is 1. The SMILES string of the molecule is Cc1cc(N=C(c2ccccc2)c2c(O)[nH]c3ccc(N)cc23)ccc1Br. The van der Waals surface area contributed by atoms with E-state index >= 15 is 0 Å². The Hall–Kier alpha value is -3.05. The second-order valence-corrected chi connectivity index (χ2v) is 7.27. The first-order valence-electron chi connectivity index (χ1n) is 8.54. The van der Waals surface area contributed by atoms with Crippen LogP contribution in [0.25, 0.3) is 10.9 Å². The number of aromatic hydroxyl groups is 1. The van der Waals surface area contributed by atoms with E-state index in [2.05, 4.69) is 20.9 Å². The molecule has 0 aliphatic rings. The largest absolute Gasteiger partial charge is 0.494 e. The van der Waals surface area contributed by atoms with Gasteiger partial charge in [0.15, 0.2) is 5.88 Å². The predicted molar refractivity (Wildman–Crippen MR) is 115 cm³/mol. The molecule has 0 atom stereocenters. The summed E-state index contributed by atoms with van der Waals surface area (Å²) >= 11 is 3.52. The number of aryl methyl sites for hydroxylation is 1. The monoisotopic (exact) mass is 419 g/mol. The summed E-state index contributed by atoms with van der Waals surface area (Å²) in [5.41, 5.74) is 11.6. The van der Waals surface area contributed by atoms with Gasteiger partial charge in [-0.3, -0.25) is 0 Å². The van der Waals surface area contributed by atoms with Gasteiger partial charge in [-0.05, 0) is 48.9 Å². The molecule has 4 N–H and O–H groups in total. The zero-order valence-corrected chi connectivity index (χ0v) is 16.3. The van der Waals surface area contributed by atoms with Crippen LogP contribution in [0.15, 0.2) is 76.2 Å². The molecule has 1 heterocycles. The quantitative estimate of drug-likeness (QED) is 0.294. The van der Waals surface area contributed by atoms with Crippen LogP contribution in [-0.4, -0.2) is 15.8 Å². The van der Waals surface area contributed by atoms with Gasteiger partial charge in [0.05, 0.1) is 17.0 Å². The van der Waals surface area contributed by atoms with Gasteiger partial charge in [-0.15, -0.1) is 0 Å². The molecule has 0 radical (unpaired) electrons. The molecule has 4 aromatic rings. The van der Waals surface area contributed by atoms with E-state index in [1.54, 1.807) is 6.07 Å². The van der Waals surface area contributed by atoms with Crippen molar-refractivity contribution in [3.8, 4) is 5.88 Å². The number of anilines is 1. The molecule has 0 spiro atoms. The fourth-order valence-electron chi connectivity index (χ4n) is 3.12. The van der Waals surface area contributed by atoms with E-state index in [-0.39, 0.29) is 5.88 Å². The summed E-state index contributed by atoms with van der Waals surface area (Å²) in [6.45, 7) is 2.02. The Morgan fingerprint density at radius 2 is 1.81 bits per heavy atom. The Balaban J connectivity index is 2.00. The van der Waals surface area contributed by atoms with Crippen molar-refractivity contribution in [2.75, 3.05) is 5.73 Å². The molecule has 0 amide bonds. The molecule has 0 bridgehead atoms. The van der Waals surface area contributed by atoms with Crippen LogP contribution in [0.3, 0.4) is 0 Å². The van der Waals surface area contributed by atoms with Crippen molar-refractivity contribution in [2.45, 2.75) is 6.92 Å². The number of nitrogen functional groups attached to an aromatic ring is 1. The molecule has 4 rings (SSSR count). The summed E-state index contributed by atoms with van der Waals surface area (Å²) in [7, 11) is 0. The van der Waals surface area contributed by atoms with Crippen molar-refractivity contribution in [3.63, 3.8) is 0 Å². The lowest BCUT2D eigenvalue weighted by Gasteiger charge is -2.09. The molecule has 134 valence electrons. The molecule has 5 heteroatoms. The van der Waals surface area contributed by atoms with Gasteiger partial charge in [-0.2, -0.15) is 0 Å². The Bertz CT molecular complexity index is 1160. The highest BCUT2D eigenvalue weighted by Crippen LogP contribution is 2.33. The van der Waals surface area contributed by atoms with Crippen LogP contribution in [0.1, 0.15) is 16.7 Å². The minimum absolute atomic E-state index is 0.0760. The average molecular weight is 420 g/mol. The number of aromatic nitrogens is 1. The number of nitrogens with two attached hydrogens (primary N) is 1. The molecule has 0 aliphatic heterocycles. The van der Waals surface area contributed by atoms with E-state index in [1.165, 1.54) is 0 Å². The Morgan fingerprint density at radius 1 is 1.04 bits per heavy atom. The summed E-state index contributed by atoms with van der Waals surface area (Å²) in [4.78, 5) is 7.91. The summed E-state index contributed by atoms with van der Waals surface area (Å²) in [5.74, 6) is 0.0760. The topological polar surface area (TPSA) is 74.4 Å². The van der Waals surface area contributed by atoms with Crippen LogP contribution in [0.4, 0.5) is 11.4 Å². The molecular formula is C22H18BrN3O. The number of hydrogen-bond donors (Lipinski definition) is 3. The summed E-state index contributed by atoms with van der Waals surface area (Å²) in [6, 6.07) is 21.3. The first-order chi connectivity index (χ1) is 13.0. The molecule has 0 fully saturated rings. The number of nitrogens with zero attached hydrogens (tertiary/aromatic N) is 1. The van der Waals surface area contributed by atoms with E-state index in [9.17, 15) is 5.11 Å². The number of aliphatic imine (C=N–C) groups is 1. The van der Waals surface area contributed by atoms with Crippen molar-refractivity contribution in [1.29, 1.82) is 0 Å². The molecule has 4 nitrogen and oxygen atoms in total. The van der Waals surface area contributed by atoms with Gasteiger partial charge < -0.3 is 15.8 Å². The molecule has 1 aromatic heterocycles. The third-order valence-electron chi connectivity index (χ3n) is 4.47. The van der Waals surface area contributed by atoms with Gasteiger partial charge in [-0.1, -0.05) is 46.3 Å². The maximum absolute atomic E-state index is 10.6. The smallest absolute Gasteiger partial charge is 0.199 e. The third-order valence-corrected chi connectivity index (χ3v) is 5.36. The van der Waals surface area contributed by atoms with Crippen LogP contribution in [0.2, 0.25) is 0 Å². The maximum Gasteiger partial charge on any atom is 0.199 e. The summed E-state index contributed by atoms with van der Waals surface area (Å²) in [6.07, 6.45) is 0. The Labute approximate surface area is 165 Å². The van der Waals surface area contributed by atoms with Gasteiger partial charge in [0.1, 0.15) is 0 Å². The minimum Gasteiger partial charge on any atom is -0.494 e. The van der Waals surface area contributed by atoms with E-state index in [0.717, 1.165) is 32.2 Å². The number of benzene rings is 3. The van der Waals surface area contributed by atoms with Gasteiger partial charge in [-0.25, -0.2) is 4.99 Å². The summed E-state index contributed by atoms with van der Waals surface area (Å²) < 4.78 is 1.03. The molecule has 0 saturated carbocycles. The zero-order valence-electron chi connectivity index (χ0n) is 14.7. The Kier molecular flexibility index (Phi) is 4.46. The highest BCUT2D eigenvalue weighted by molar-refractivity contribution is 9.10. The highest BCUT2D eigenvalue weighted by Gasteiger charge is 2.18. The lowest BCUT2D eigenvalue weighted by Crippen LogP contribution is -2.03. The van der Waals surface area contributed by atoms with Crippen LogP contribution in [0, 0.1) is 6.92 Å². The molecule has 3 aromatic carbocycles. The van der Waals surface area contributed by atoms with E-state index in [4.69, 9.17) is 10.7 Å². The number of fused-ring (bicyclic) bond motifs is 1. The zero-order chi connectivity index (χ0) is 19.0. The minimum atomic E-state index is 0.0760. The summed E-state index contributed by atoms with van der Waals surface area (Å²) in [5, 5.41) is 11.5. The van der Waals surface area contributed by atoms with Crippen LogP contribution in [0.5, 0.6) is 5.88 Å². The van der Waals surface area contributed by atoms with Gasteiger partial charge >= 0.3 is 0 Å². The number of H-pyrrole nitrogens is 1. The van der Waals surface area contributed by atoms with Gasteiger partial charge in [0.2, 0.25) is 0 Å². The van der Waals surface area contributed by atoms with E-state index < -0.39 is 0 Å². The second kappa shape index (κ2) is 6.93. The fourth-order valence-corrected chi connectivity index (χ4v) is 3.37. The van der Waals surface area contributed by atoms with Crippen LogP contribution < -0.4 is 5.73 Å². The first-order valence-corrected chi connectivity index (χ1v) is 9.33. The number of rotatable bonds is 3. The lowest BCUT2D eigenvalue weighted by molar-refractivity contribution is 0.457.